The lowest BCUT2D eigenvalue weighted by atomic mass is 10.7. The van der Waals surface area contributed by atoms with Crippen LogP contribution in [0.3, 0.4) is 0 Å². The summed E-state index contributed by atoms with van der Waals surface area (Å²) in [7, 11) is 2.91. The number of carbonyl (C=O) groups excluding carboxylic acids is 1. The molecule has 0 saturated heterocycles. The third-order valence-corrected chi connectivity index (χ3v) is 0.517. The molecule has 0 bridgehead atoms. The summed E-state index contributed by atoms with van der Waals surface area (Å²) in [6.45, 7) is 0.0937. The second-order valence-corrected chi connectivity index (χ2v) is 1.05. The number of methoxy groups -OCH3 is 1. The molecule has 0 N–H and O–H groups in total. The molecular formula is C4H8NO2. The molecule has 0 atom stereocenters. The fourth-order valence-electron chi connectivity index (χ4n) is 0.188. The molecule has 41 valence electrons. The van der Waals surface area contributed by atoms with Gasteiger partial charge in [-0.1, -0.05) is 0 Å². The molecule has 0 aromatic rings. The van der Waals surface area contributed by atoms with Crippen LogP contribution in [-0.4, -0.2) is 26.7 Å². The Labute approximate surface area is 42.7 Å². The van der Waals surface area contributed by atoms with Gasteiger partial charge in [0, 0.05) is 14.2 Å². The van der Waals surface area contributed by atoms with Crippen molar-refractivity contribution < 1.29 is 9.53 Å². The molecule has 0 fully saturated rings. The van der Waals surface area contributed by atoms with Crippen LogP contribution in [0, 0.1) is 0 Å². The van der Waals surface area contributed by atoms with Gasteiger partial charge in [-0.15, -0.1) is 0 Å². The van der Waals surface area contributed by atoms with Crippen molar-refractivity contribution in [2.24, 2.45) is 0 Å². The third kappa shape index (κ3) is 3.26. The number of hydrogen-bond acceptors (Lipinski definition) is 2. The van der Waals surface area contributed by atoms with E-state index in [1.54, 1.807) is 0 Å². The third-order valence-electron chi connectivity index (χ3n) is 0.517. The Morgan fingerprint density at radius 1 is 1.86 bits per heavy atom. The maximum absolute atomic E-state index is 10.1. The van der Waals surface area contributed by atoms with E-state index in [1.165, 1.54) is 14.2 Å². The summed E-state index contributed by atoms with van der Waals surface area (Å²) >= 11 is 0. The standard InChI is InChI=1S/C4H8NO2/c1-5-4(6)3-7-2/h3H2,1-2H3. The Morgan fingerprint density at radius 3 is 2.57 bits per heavy atom. The number of amides is 1. The summed E-state index contributed by atoms with van der Waals surface area (Å²) in [6, 6.07) is 0. The zero-order valence-electron chi connectivity index (χ0n) is 4.47. The van der Waals surface area contributed by atoms with Crippen LogP contribution in [0.15, 0.2) is 0 Å². The van der Waals surface area contributed by atoms with Gasteiger partial charge < -0.3 is 4.74 Å². The first-order chi connectivity index (χ1) is 3.31. The lowest BCUT2D eigenvalue weighted by Crippen LogP contribution is -2.15. The number of ether oxygens (including phenoxy) is 1. The highest BCUT2D eigenvalue weighted by Crippen LogP contribution is 1.65. The van der Waals surface area contributed by atoms with E-state index >= 15 is 0 Å². The fraction of sp³-hybridized carbons (Fsp3) is 0.750. The lowest BCUT2D eigenvalue weighted by molar-refractivity contribution is -0.124. The highest BCUT2D eigenvalue weighted by atomic mass is 16.5. The molecule has 0 aliphatic carbocycles. The Bertz CT molecular complexity index is 62.7. The highest BCUT2D eigenvalue weighted by Gasteiger charge is 1.92. The average Bonchev–Trinajstić information content (AvgIpc) is 1.68. The van der Waals surface area contributed by atoms with Crippen LogP contribution < -0.4 is 5.32 Å². The minimum Gasteiger partial charge on any atom is -0.375 e. The molecule has 1 radical (unpaired) electrons. The quantitative estimate of drug-likeness (QED) is 0.466. The molecule has 3 nitrogen and oxygen atoms in total. The number of nitrogens with zero attached hydrogens (tertiary/aromatic N) is 1. The lowest BCUT2D eigenvalue weighted by Gasteiger charge is -1.90. The SMILES string of the molecule is C[N]C(=O)COC. The Morgan fingerprint density at radius 2 is 2.43 bits per heavy atom. The first kappa shape index (κ1) is 6.43. The molecule has 0 unspecified atom stereocenters. The molecule has 3 heteroatoms. The number of carbonyl (C=O) groups is 1. The van der Waals surface area contributed by atoms with Crippen molar-refractivity contribution in [3.63, 3.8) is 0 Å². The van der Waals surface area contributed by atoms with E-state index in [0.29, 0.717) is 0 Å². The van der Waals surface area contributed by atoms with Crippen molar-refractivity contribution >= 4 is 5.91 Å². The molecule has 0 aromatic heterocycles. The van der Waals surface area contributed by atoms with E-state index in [1.807, 2.05) is 0 Å². The Kier molecular flexibility index (Phi) is 3.32. The van der Waals surface area contributed by atoms with Crippen LogP contribution in [0.1, 0.15) is 0 Å². The molecule has 0 aliphatic rings. The normalized spacial score (nSPS) is 8.29. The molecule has 0 heterocycles. The Hall–Kier alpha value is -0.570. The van der Waals surface area contributed by atoms with Crippen molar-refractivity contribution in [2.45, 2.75) is 0 Å². The zero-order valence-corrected chi connectivity index (χ0v) is 4.47. The minimum atomic E-state index is -0.220. The molecular weight excluding hydrogens is 94.0 g/mol. The summed E-state index contributed by atoms with van der Waals surface area (Å²) in [5, 5.41) is 3.31. The van der Waals surface area contributed by atoms with Gasteiger partial charge in [0.1, 0.15) is 6.61 Å². The van der Waals surface area contributed by atoms with Crippen molar-refractivity contribution in [2.75, 3.05) is 20.8 Å². The summed E-state index contributed by atoms with van der Waals surface area (Å²) in [5.41, 5.74) is 0. The molecule has 0 aliphatic heterocycles. The predicted molar refractivity (Wildman–Crippen MR) is 24.9 cm³/mol. The highest BCUT2D eigenvalue weighted by molar-refractivity contribution is 5.76. The number of rotatable bonds is 2. The van der Waals surface area contributed by atoms with Crippen LogP contribution in [0.25, 0.3) is 0 Å². The Balaban J connectivity index is 3.00. The summed E-state index contributed by atoms with van der Waals surface area (Å²) in [6.07, 6.45) is 0. The maximum Gasteiger partial charge on any atom is 0.266 e. The first-order valence-corrected chi connectivity index (χ1v) is 1.93. The molecule has 0 aromatic carbocycles. The van der Waals surface area contributed by atoms with Crippen molar-refractivity contribution in [1.29, 1.82) is 0 Å². The monoisotopic (exact) mass is 102 g/mol. The average molecular weight is 102 g/mol. The summed E-state index contributed by atoms with van der Waals surface area (Å²) in [5.74, 6) is -0.220. The number of likely N-dealkylation sites (N-methyl/N-ethyl adjacent to an activating group) is 1. The van der Waals surface area contributed by atoms with Crippen LogP contribution in [-0.2, 0) is 9.53 Å². The van der Waals surface area contributed by atoms with Crippen molar-refractivity contribution in [1.82, 2.24) is 5.32 Å². The van der Waals surface area contributed by atoms with E-state index in [2.05, 4.69) is 10.1 Å². The van der Waals surface area contributed by atoms with Crippen LogP contribution >= 0.6 is 0 Å². The van der Waals surface area contributed by atoms with Gasteiger partial charge in [-0.3, -0.25) is 10.1 Å². The van der Waals surface area contributed by atoms with Gasteiger partial charge in [0.05, 0.1) is 0 Å². The summed E-state index contributed by atoms with van der Waals surface area (Å²) in [4.78, 5) is 10.1. The largest absolute Gasteiger partial charge is 0.375 e. The smallest absolute Gasteiger partial charge is 0.266 e. The summed E-state index contributed by atoms with van der Waals surface area (Å²) < 4.78 is 4.45. The van der Waals surface area contributed by atoms with Crippen molar-refractivity contribution in [3.05, 3.63) is 0 Å². The zero-order chi connectivity index (χ0) is 5.70. The maximum atomic E-state index is 10.1. The van der Waals surface area contributed by atoms with Crippen LogP contribution in [0.4, 0.5) is 0 Å². The van der Waals surface area contributed by atoms with Gasteiger partial charge in [0.15, 0.2) is 0 Å². The van der Waals surface area contributed by atoms with Gasteiger partial charge in [0.25, 0.3) is 5.91 Å². The predicted octanol–water partition coefficient (Wildman–Crippen LogP) is -0.606. The van der Waals surface area contributed by atoms with Gasteiger partial charge >= 0.3 is 0 Å². The van der Waals surface area contributed by atoms with Crippen LogP contribution in [0.5, 0.6) is 0 Å². The molecule has 0 rings (SSSR count). The molecule has 0 spiro atoms. The molecule has 1 amide bonds. The number of hydrogen-bond donors (Lipinski definition) is 0. The van der Waals surface area contributed by atoms with Gasteiger partial charge in [-0.25, -0.2) is 0 Å². The first-order valence-electron chi connectivity index (χ1n) is 1.93. The van der Waals surface area contributed by atoms with Gasteiger partial charge in [-0.2, -0.15) is 0 Å². The fourth-order valence-corrected chi connectivity index (χ4v) is 0.188. The van der Waals surface area contributed by atoms with E-state index < -0.39 is 0 Å². The van der Waals surface area contributed by atoms with E-state index in [-0.39, 0.29) is 12.5 Å². The minimum absolute atomic E-state index is 0.0937. The van der Waals surface area contributed by atoms with Crippen LogP contribution in [0.2, 0.25) is 0 Å². The topological polar surface area (TPSA) is 40.4 Å². The second kappa shape index (κ2) is 3.61. The van der Waals surface area contributed by atoms with E-state index in [9.17, 15) is 4.79 Å². The molecule has 7 heavy (non-hydrogen) atoms. The van der Waals surface area contributed by atoms with Gasteiger partial charge in [-0.05, 0) is 0 Å². The molecule has 0 saturated carbocycles. The van der Waals surface area contributed by atoms with Crippen molar-refractivity contribution in [3.8, 4) is 0 Å². The van der Waals surface area contributed by atoms with E-state index in [4.69, 9.17) is 0 Å². The van der Waals surface area contributed by atoms with Gasteiger partial charge in [0.2, 0.25) is 0 Å². The second-order valence-electron chi connectivity index (χ2n) is 1.05. The van der Waals surface area contributed by atoms with E-state index in [0.717, 1.165) is 0 Å².